The van der Waals surface area contributed by atoms with Crippen molar-refractivity contribution in [1.29, 1.82) is 0 Å². The Labute approximate surface area is 108 Å². The lowest BCUT2D eigenvalue weighted by atomic mass is 9.85. The van der Waals surface area contributed by atoms with Gasteiger partial charge in [-0.25, -0.2) is 0 Å². The summed E-state index contributed by atoms with van der Waals surface area (Å²) in [5.74, 6) is 1.31. The van der Waals surface area contributed by atoms with E-state index in [0.717, 1.165) is 12.2 Å². The highest BCUT2D eigenvalue weighted by atomic mass is 16.3. The van der Waals surface area contributed by atoms with Crippen LogP contribution in [-0.2, 0) is 11.3 Å². The zero-order valence-electron chi connectivity index (χ0n) is 10.7. The first kappa shape index (κ1) is 13.1. The number of carbonyl (C=O) groups excluding carboxylic acids is 1. The normalized spacial score (nSPS) is 18.5. The fourth-order valence-corrected chi connectivity index (χ4v) is 2.61. The van der Waals surface area contributed by atoms with Gasteiger partial charge < -0.3 is 15.5 Å². The highest BCUT2D eigenvalue weighted by molar-refractivity contribution is 5.81. The molecular formula is C14H22N2O2. The molecule has 1 aliphatic carbocycles. The summed E-state index contributed by atoms with van der Waals surface area (Å²) in [5, 5.41) is 2.82. The second-order valence-electron chi connectivity index (χ2n) is 5.14. The Bertz CT molecular complexity index is 356. The molecule has 0 radical (unpaired) electrons. The van der Waals surface area contributed by atoms with E-state index in [9.17, 15) is 4.79 Å². The summed E-state index contributed by atoms with van der Waals surface area (Å²) in [5.41, 5.74) is 5.94. The molecule has 0 aliphatic heterocycles. The van der Waals surface area contributed by atoms with Crippen LogP contribution in [-0.4, -0.2) is 11.9 Å². The minimum atomic E-state index is -0.386. The van der Waals surface area contributed by atoms with Crippen molar-refractivity contribution in [2.75, 3.05) is 0 Å². The summed E-state index contributed by atoms with van der Waals surface area (Å²) in [6.07, 6.45) is 8.75. The first-order valence-corrected chi connectivity index (χ1v) is 6.81. The lowest BCUT2D eigenvalue weighted by Crippen LogP contribution is -2.41. The predicted molar refractivity (Wildman–Crippen MR) is 69.7 cm³/mol. The smallest absolute Gasteiger partial charge is 0.237 e. The van der Waals surface area contributed by atoms with E-state index in [1.54, 1.807) is 6.26 Å². The van der Waals surface area contributed by atoms with Crippen LogP contribution < -0.4 is 11.1 Å². The van der Waals surface area contributed by atoms with Gasteiger partial charge in [-0.1, -0.05) is 32.1 Å². The number of rotatable bonds is 5. The zero-order valence-corrected chi connectivity index (χ0v) is 10.7. The molecule has 1 amide bonds. The molecule has 4 heteroatoms. The second kappa shape index (κ2) is 6.59. The van der Waals surface area contributed by atoms with Crippen LogP contribution in [0.2, 0.25) is 0 Å². The number of hydrogen-bond donors (Lipinski definition) is 2. The van der Waals surface area contributed by atoms with Gasteiger partial charge in [-0.05, 0) is 24.5 Å². The van der Waals surface area contributed by atoms with Crippen molar-refractivity contribution >= 4 is 5.91 Å². The maximum atomic E-state index is 11.8. The van der Waals surface area contributed by atoms with Gasteiger partial charge in [-0.15, -0.1) is 0 Å². The van der Waals surface area contributed by atoms with E-state index in [2.05, 4.69) is 5.32 Å². The minimum absolute atomic E-state index is 0.0722. The van der Waals surface area contributed by atoms with Crippen LogP contribution in [0.3, 0.4) is 0 Å². The van der Waals surface area contributed by atoms with E-state index in [0.29, 0.717) is 12.5 Å². The van der Waals surface area contributed by atoms with Gasteiger partial charge in [0.1, 0.15) is 5.76 Å². The molecule has 0 spiro atoms. The van der Waals surface area contributed by atoms with Crippen molar-refractivity contribution in [3.05, 3.63) is 24.2 Å². The summed E-state index contributed by atoms with van der Waals surface area (Å²) in [6, 6.07) is 3.26. The third kappa shape index (κ3) is 3.88. The Morgan fingerprint density at radius 2 is 2.22 bits per heavy atom. The topological polar surface area (TPSA) is 68.3 Å². The van der Waals surface area contributed by atoms with Crippen molar-refractivity contribution < 1.29 is 9.21 Å². The fourth-order valence-electron chi connectivity index (χ4n) is 2.61. The number of carbonyl (C=O) groups is 1. The molecule has 1 unspecified atom stereocenters. The van der Waals surface area contributed by atoms with Crippen LogP contribution >= 0.6 is 0 Å². The van der Waals surface area contributed by atoms with Gasteiger partial charge in [-0.2, -0.15) is 0 Å². The largest absolute Gasteiger partial charge is 0.467 e. The molecule has 0 aromatic carbocycles. The van der Waals surface area contributed by atoms with Crippen LogP contribution in [0.25, 0.3) is 0 Å². The van der Waals surface area contributed by atoms with E-state index >= 15 is 0 Å². The van der Waals surface area contributed by atoms with E-state index < -0.39 is 0 Å². The van der Waals surface area contributed by atoms with Gasteiger partial charge in [0.2, 0.25) is 5.91 Å². The highest BCUT2D eigenvalue weighted by Crippen LogP contribution is 2.26. The van der Waals surface area contributed by atoms with Gasteiger partial charge in [-0.3, -0.25) is 4.79 Å². The van der Waals surface area contributed by atoms with E-state index in [-0.39, 0.29) is 11.9 Å². The monoisotopic (exact) mass is 250 g/mol. The molecule has 0 saturated heterocycles. The van der Waals surface area contributed by atoms with Crippen LogP contribution in [0.15, 0.2) is 22.8 Å². The lowest BCUT2D eigenvalue weighted by Gasteiger charge is -2.24. The van der Waals surface area contributed by atoms with E-state index in [1.165, 1.54) is 32.1 Å². The van der Waals surface area contributed by atoms with Crippen molar-refractivity contribution in [3.8, 4) is 0 Å². The molecule has 0 bridgehead atoms. The van der Waals surface area contributed by atoms with Crippen LogP contribution in [0.1, 0.15) is 44.3 Å². The predicted octanol–water partition coefficient (Wildman–Crippen LogP) is 2.19. The summed E-state index contributed by atoms with van der Waals surface area (Å²) in [6.45, 7) is 0.421. The average molecular weight is 250 g/mol. The summed E-state index contributed by atoms with van der Waals surface area (Å²) < 4.78 is 5.16. The lowest BCUT2D eigenvalue weighted by molar-refractivity contribution is -0.123. The molecule has 2 rings (SSSR count). The number of furan rings is 1. The van der Waals surface area contributed by atoms with E-state index in [1.807, 2.05) is 12.1 Å². The summed E-state index contributed by atoms with van der Waals surface area (Å²) in [7, 11) is 0. The number of amides is 1. The van der Waals surface area contributed by atoms with Crippen LogP contribution in [0.4, 0.5) is 0 Å². The van der Waals surface area contributed by atoms with Gasteiger partial charge in [0, 0.05) is 0 Å². The summed E-state index contributed by atoms with van der Waals surface area (Å²) >= 11 is 0. The Morgan fingerprint density at radius 3 is 2.89 bits per heavy atom. The minimum Gasteiger partial charge on any atom is -0.467 e. The maximum absolute atomic E-state index is 11.8. The average Bonchev–Trinajstić information content (AvgIpc) is 2.90. The maximum Gasteiger partial charge on any atom is 0.237 e. The Balaban J connectivity index is 1.70. The SMILES string of the molecule is NC(CC1CCCCC1)C(=O)NCc1ccco1. The van der Waals surface area contributed by atoms with E-state index in [4.69, 9.17) is 10.2 Å². The quantitative estimate of drug-likeness (QED) is 0.841. The molecule has 3 N–H and O–H groups in total. The molecule has 1 fully saturated rings. The number of hydrogen-bond acceptors (Lipinski definition) is 3. The molecule has 4 nitrogen and oxygen atoms in total. The molecule has 1 aliphatic rings. The van der Waals surface area contributed by atoms with Crippen molar-refractivity contribution in [2.45, 2.75) is 51.1 Å². The zero-order chi connectivity index (χ0) is 12.8. The number of nitrogens with one attached hydrogen (secondary N) is 1. The molecular weight excluding hydrogens is 228 g/mol. The van der Waals surface area contributed by atoms with Crippen molar-refractivity contribution in [3.63, 3.8) is 0 Å². The van der Waals surface area contributed by atoms with Crippen LogP contribution in [0.5, 0.6) is 0 Å². The molecule has 1 saturated carbocycles. The van der Waals surface area contributed by atoms with Gasteiger partial charge in [0.05, 0.1) is 18.8 Å². The molecule has 1 aromatic heterocycles. The Kier molecular flexibility index (Phi) is 4.81. The van der Waals surface area contributed by atoms with Crippen molar-refractivity contribution in [2.24, 2.45) is 11.7 Å². The molecule has 1 aromatic rings. The fraction of sp³-hybridized carbons (Fsp3) is 0.643. The molecule has 18 heavy (non-hydrogen) atoms. The summed E-state index contributed by atoms with van der Waals surface area (Å²) in [4.78, 5) is 11.8. The van der Waals surface area contributed by atoms with Gasteiger partial charge in [0.25, 0.3) is 0 Å². The Morgan fingerprint density at radius 1 is 1.44 bits per heavy atom. The third-order valence-corrected chi connectivity index (χ3v) is 3.67. The molecule has 100 valence electrons. The van der Waals surface area contributed by atoms with Crippen molar-refractivity contribution in [1.82, 2.24) is 5.32 Å². The second-order valence-corrected chi connectivity index (χ2v) is 5.14. The van der Waals surface area contributed by atoms with Gasteiger partial charge >= 0.3 is 0 Å². The Hall–Kier alpha value is -1.29. The molecule has 1 atom stereocenters. The first-order valence-electron chi connectivity index (χ1n) is 6.81. The highest BCUT2D eigenvalue weighted by Gasteiger charge is 2.21. The first-order chi connectivity index (χ1) is 8.75. The standard InChI is InChI=1S/C14H22N2O2/c15-13(9-11-5-2-1-3-6-11)14(17)16-10-12-7-4-8-18-12/h4,7-8,11,13H,1-3,5-6,9-10,15H2,(H,16,17). The van der Waals surface area contributed by atoms with Gasteiger partial charge in [0.15, 0.2) is 0 Å². The third-order valence-electron chi connectivity index (χ3n) is 3.67. The van der Waals surface area contributed by atoms with Crippen LogP contribution in [0, 0.1) is 5.92 Å². The number of nitrogens with two attached hydrogens (primary N) is 1. The molecule has 1 heterocycles.